The minimum absolute atomic E-state index is 0.0447. The van der Waals surface area contributed by atoms with E-state index in [0.29, 0.717) is 37.2 Å². The second kappa shape index (κ2) is 8.42. The number of benzene rings is 1. The van der Waals surface area contributed by atoms with Crippen LogP contribution in [0.5, 0.6) is 0 Å². The number of nitrogens with one attached hydrogen (secondary N) is 1. The normalized spacial score (nSPS) is 16.2. The molecule has 2 aromatic rings. The van der Waals surface area contributed by atoms with Crippen molar-refractivity contribution in [3.05, 3.63) is 58.8 Å². The Morgan fingerprint density at radius 2 is 1.73 bits per heavy atom. The van der Waals surface area contributed by atoms with Crippen LogP contribution in [-0.2, 0) is 9.59 Å². The van der Waals surface area contributed by atoms with Crippen LogP contribution in [0.25, 0.3) is 0 Å². The van der Waals surface area contributed by atoms with Gasteiger partial charge in [-0.15, -0.1) is 0 Å². The number of hydrogen-bond acceptors (Lipinski definition) is 4. The first-order valence-electron chi connectivity index (χ1n) is 8.48. The van der Waals surface area contributed by atoms with Crippen molar-refractivity contribution in [1.29, 1.82) is 0 Å². The number of aromatic nitrogens is 1. The van der Waals surface area contributed by atoms with Gasteiger partial charge in [0.25, 0.3) is 5.91 Å². The molecule has 2 amide bonds. The van der Waals surface area contributed by atoms with Crippen molar-refractivity contribution in [2.75, 3.05) is 18.4 Å². The van der Waals surface area contributed by atoms with E-state index in [1.54, 1.807) is 53.7 Å². The zero-order valence-electron chi connectivity index (χ0n) is 14.1. The number of rotatable bonds is 4. The van der Waals surface area contributed by atoms with E-state index in [1.165, 1.54) is 0 Å². The maximum Gasteiger partial charge on any atom is 0.256 e. The van der Waals surface area contributed by atoms with E-state index in [0.717, 1.165) is 4.47 Å². The van der Waals surface area contributed by atoms with E-state index in [2.05, 4.69) is 26.2 Å². The maximum absolute atomic E-state index is 12.5. The van der Waals surface area contributed by atoms with Crippen LogP contribution in [0.15, 0.2) is 53.3 Å². The zero-order chi connectivity index (χ0) is 18.5. The number of pyridine rings is 1. The molecule has 1 atom stereocenters. The number of hydrogen-bond donors (Lipinski definition) is 2. The minimum Gasteiger partial charge on any atom is -0.378 e. The van der Waals surface area contributed by atoms with E-state index in [-0.39, 0.29) is 17.7 Å². The van der Waals surface area contributed by atoms with Crippen LogP contribution in [0, 0.1) is 5.92 Å². The molecule has 1 aliphatic heterocycles. The fraction of sp³-hybridized carbons (Fsp3) is 0.316. The van der Waals surface area contributed by atoms with Crippen molar-refractivity contribution in [2.45, 2.75) is 18.9 Å². The fourth-order valence-electron chi connectivity index (χ4n) is 3.00. The third-order valence-electron chi connectivity index (χ3n) is 4.54. The quantitative estimate of drug-likeness (QED) is 0.800. The average Bonchev–Trinajstić information content (AvgIpc) is 2.68. The van der Waals surface area contributed by atoms with Gasteiger partial charge in [0.1, 0.15) is 0 Å². The first kappa shape index (κ1) is 18.5. The molecule has 2 heterocycles. The molecule has 0 spiro atoms. The standard InChI is InChI=1S/C19H20BrN3O3/c20-15-3-1-13(2-4-15)17(24)19(26)23-11-7-14(8-12-23)18(25)22-16-5-9-21-10-6-16/h1-6,9-10,14,17,24H,7-8,11-12H2,(H,21,22,25). The van der Waals surface area contributed by atoms with Gasteiger partial charge in [-0.3, -0.25) is 14.6 Å². The van der Waals surface area contributed by atoms with Crippen LogP contribution < -0.4 is 5.32 Å². The van der Waals surface area contributed by atoms with Crippen molar-refractivity contribution in [1.82, 2.24) is 9.88 Å². The van der Waals surface area contributed by atoms with Gasteiger partial charge >= 0.3 is 0 Å². The average molecular weight is 418 g/mol. The summed E-state index contributed by atoms with van der Waals surface area (Å²) in [7, 11) is 0. The summed E-state index contributed by atoms with van der Waals surface area (Å²) in [5, 5.41) is 13.2. The molecule has 1 saturated heterocycles. The molecular weight excluding hydrogens is 398 g/mol. The molecule has 1 fully saturated rings. The molecule has 0 radical (unpaired) electrons. The number of halogens is 1. The molecule has 0 saturated carbocycles. The van der Waals surface area contributed by atoms with Crippen LogP contribution in [0.4, 0.5) is 5.69 Å². The SMILES string of the molecule is O=C(Nc1ccncc1)C1CCN(C(=O)C(O)c2ccc(Br)cc2)CC1. The monoisotopic (exact) mass is 417 g/mol. The summed E-state index contributed by atoms with van der Waals surface area (Å²) in [6.45, 7) is 0.918. The summed E-state index contributed by atoms with van der Waals surface area (Å²) >= 11 is 3.33. The zero-order valence-corrected chi connectivity index (χ0v) is 15.7. The third kappa shape index (κ3) is 4.47. The van der Waals surface area contributed by atoms with Crippen LogP contribution in [0.2, 0.25) is 0 Å². The van der Waals surface area contributed by atoms with Crippen molar-refractivity contribution < 1.29 is 14.7 Å². The lowest BCUT2D eigenvalue weighted by Crippen LogP contribution is -2.43. The third-order valence-corrected chi connectivity index (χ3v) is 5.07. The molecule has 1 unspecified atom stereocenters. The van der Waals surface area contributed by atoms with Gasteiger partial charge in [0, 0.05) is 41.6 Å². The Balaban J connectivity index is 1.53. The Kier molecular flexibility index (Phi) is 6.00. The van der Waals surface area contributed by atoms with Crippen LogP contribution in [-0.4, -0.2) is 39.9 Å². The summed E-state index contributed by atoms with van der Waals surface area (Å²) in [4.78, 5) is 30.4. The fourth-order valence-corrected chi connectivity index (χ4v) is 3.27. The lowest BCUT2D eigenvalue weighted by Gasteiger charge is -2.32. The van der Waals surface area contributed by atoms with Crippen LogP contribution in [0.1, 0.15) is 24.5 Å². The highest BCUT2D eigenvalue weighted by Gasteiger charge is 2.30. The Morgan fingerprint density at radius 3 is 2.35 bits per heavy atom. The van der Waals surface area contributed by atoms with Gasteiger partial charge < -0.3 is 15.3 Å². The summed E-state index contributed by atoms with van der Waals surface area (Å²) in [5.74, 6) is -0.505. The number of likely N-dealkylation sites (tertiary alicyclic amines) is 1. The van der Waals surface area contributed by atoms with Gasteiger partial charge in [-0.1, -0.05) is 28.1 Å². The second-order valence-electron chi connectivity index (χ2n) is 6.28. The molecule has 1 aromatic heterocycles. The molecule has 1 aromatic carbocycles. The minimum atomic E-state index is -1.18. The smallest absolute Gasteiger partial charge is 0.256 e. The highest BCUT2D eigenvalue weighted by Crippen LogP contribution is 2.24. The van der Waals surface area contributed by atoms with E-state index in [1.807, 2.05) is 0 Å². The number of carbonyl (C=O) groups is 2. The molecule has 0 aliphatic carbocycles. The molecule has 1 aliphatic rings. The van der Waals surface area contributed by atoms with Crippen LogP contribution in [0.3, 0.4) is 0 Å². The highest BCUT2D eigenvalue weighted by molar-refractivity contribution is 9.10. The predicted molar refractivity (Wildman–Crippen MR) is 101 cm³/mol. The van der Waals surface area contributed by atoms with E-state index in [9.17, 15) is 14.7 Å². The van der Waals surface area contributed by atoms with Crippen LogP contribution >= 0.6 is 15.9 Å². The van der Waals surface area contributed by atoms with Gasteiger partial charge in [0.15, 0.2) is 6.10 Å². The summed E-state index contributed by atoms with van der Waals surface area (Å²) < 4.78 is 0.891. The van der Waals surface area contributed by atoms with E-state index in [4.69, 9.17) is 0 Å². The Hall–Kier alpha value is -2.25. The molecule has 0 bridgehead atoms. The number of nitrogens with zero attached hydrogens (tertiary/aromatic N) is 2. The van der Waals surface area contributed by atoms with Gasteiger partial charge in [-0.05, 0) is 42.7 Å². The summed E-state index contributed by atoms with van der Waals surface area (Å²) in [6.07, 6.45) is 3.23. The topological polar surface area (TPSA) is 82.5 Å². The van der Waals surface area contributed by atoms with E-state index >= 15 is 0 Å². The molecule has 26 heavy (non-hydrogen) atoms. The molecule has 136 valence electrons. The molecule has 6 nitrogen and oxygen atoms in total. The number of anilines is 1. The summed E-state index contributed by atoms with van der Waals surface area (Å²) in [5.41, 5.74) is 1.28. The van der Waals surface area contributed by atoms with Gasteiger partial charge in [0.05, 0.1) is 0 Å². The molecule has 3 rings (SSSR count). The van der Waals surface area contributed by atoms with E-state index < -0.39 is 6.10 Å². The maximum atomic E-state index is 12.5. The van der Waals surface area contributed by atoms with Gasteiger partial charge in [-0.2, -0.15) is 0 Å². The van der Waals surface area contributed by atoms with Crippen molar-refractivity contribution in [2.24, 2.45) is 5.92 Å². The lowest BCUT2D eigenvalue weighted by molar-refractivity contribution is -0.143. The number of piperidine rings is 1. The van der Waals surface area contributed by atoms with Gasteiger partial charge in [0.2, 0.25) is 5.91 Å². The number of amides is 2. The first-order valence-corrected chi connectivity index (χ1v) is 9.27. The second-order valence-corrected chi connectivity index (χ2v) is 7.19. The Morgan fingerprint density at radius 1 is 1.12 bits per heavy atom. The van der Waals surface area contributed by atoms with Crippen molar-refractivity contribution in [3.8, 4) is 0 Å². The number of aliphatic hydroxyl groups is 1. The van der Waals surface area contributed by atoms with Crippen molar-refractivity contribution in [3.63, 3.8) is 0 Å². The molecular formula is C19H20BrN3O3. The summed E-state index contributed by atoms with van der Waals surface area (Å²) in [6, 6.07) is 10.5. The Bertz CT molecular complexity index is 759. The van der Waals surface area contributed by atoms with Gasteiger partial charge in [-0.25, -0.2) is 0 Å². The highest BCUT2D eigenvalue weighted by atomic mass is 79.9. The lowest BCUT2D eigenvalue weighted by atomic mass is 9.95. The first-order chi connectivity index (χ1) is 12.5. The molecule has 7 heteroatoms. The largest absolute Gasteiger partial charge is 0.378 e. The Labute approximate surface area is 160 Å². The predicted octanol–water partition coefficient (Wildman–Crippen LogP) is 2.75. The number of aliphatic hydroxyl groups excluding tert-OH is 1. The number of carbonyl (C=O) groups excluding carboxylic acids is 2. The van der Waals surface area contributed by atoms with Crippen molar-refractivity contribution >= 4 is 33.4 Å². The molecule has 2 N–H and O–H groups in total.